The van der Waals surface area contributed by atoms with Crippen molar-refractivity contribution in [1.29, 1.82) is 0 Å². The molecule has 130 valence electrons. The molecule has 1 aromatic rings. The molecule has 0 amide bonds. The van der Waals surface area contributed by atoms with E-state index in [4.69, 9.17) is 14.6 Å². The molecular weight excluding hydrogens is 304 g/mol. The van der Waals surface area contributed by atoms with Crippen molar-refractivity contribution in [2.75, 3.05) is 13.2 Å². The van der Waals surface area contributed by atoms with Crippen LogP contribution in [0.3, 0.4) is 0 Å². The van der Waals surface area contributed by atoms with Gasteiger partial charge in [-0.3, -0.25) is 0 Å². The Morgan fingerprint density at radius 2 is 1.87 bits per heavy atom. The Bertz CT molecular complexity index is 519. The van der Waals surface area contributed by atoms with Gasteiger partial charge in [0.2, 0.25) is 0 Å². The van der Waals surface area contributed by atoms with E-state index in [1.807, 2.05) is 19.9 Å². The summed E-state index contributed by atoms with van der Waals surface area (Å²) < 4.78 is 10.8. The lowest BCUT2D eigenvalue weighted by Crippen LogP contribution is -2.59. The smallest absolute Gasteiger partial charge is 0.186 e. The highest BCUT2D eigenvalue weighted by Crippen LogP contribution is 2.28. The van der Waals surface area contributed by atoms with Gasteiger partial charge in [0.15, 0.2) is 6.29 Å². The highest BCUT2D eigenvalue weighted by Gasteiger charge is 2.44. The lowest BCUT2D eigenvalue weighted by atomic mass is 9.98. The first-order valence-electron chi connectivity index (χ1n) is 7.56. The van der Waals surface area contributed by atoms with Gasteiger partial charge in [0.25, 0.3) is 0 Å². The first-order chi connectivity index (χ1) is 10.8. The summed E-state index contributed by atoms with van der Waals surface area (Å²) in [7, 11) is 0. The van der Waals surface area contributed by atoms with E-state index in [0.717, 1.165) is 5.56 Å². The van der Waals surface area contributed by atoms with Gasteiger partial charge in [-0.2, -0.15) is 0 Å². The summed E-state index contributed by atoms with van der Waals surface area (Å²) in [6, 6.07) is 5.32. The fourth-order valence-electron chi connectivity index (χ4n) is 2.60. The zero-order valence-electron chi connectivity index (χ0n) is 13.2. The van der Waals surface area contributed by atoms with E-state index >= 15 is 0 Å². The predicted octanol–water partition coefficient (Wildman–Crippen LogP) is -0.379. The molecule has 0 radical (unpaired) electrons. The quantitative estimate of drug-likeness (QED) is 0.500. The van der Waals surface area contributed by atoms with Crippen molar-refractivity contribution >= 4 is 0 Å². The zero-order chi connectivity index (χ0) is 17.1. The molecule has 1 aromatic carbocycles. The molecule has 23 heavy (non-hydrogen) atoms. The highest BCUT2D eigenvalue weighted by atomic mass is 16.7. The number of phenols is 1. The first kappa shape index (κ1) is 18.1. The normalized spacial score (nSPS) is 32.7. The van der Waals surface area contributed by atoms with Gasteiger partial charge in [-0.25, -0.2) is 0 Å². The molecule has 1 heterocycles. The Kier molecular flexibility index (Phi) is 5.96. The Labute approximate surface area is 134 Å². The van der Waals surface area contributed by atoms with E-state index in [2.05, 4.69) is 0 Å². The van der Waals surface area contributed by atoms with Crippen molar-refractivity contribution in [3.05, 3.63) is 29.3 Å². The number of aryl methyl sites for hydroxylation is 1. The van der Waals surface area contributed by atoms with Crippen LogP contribution in [0.4, 0.5) is 0 Å². The van der Waals surface area contributed by atoms with Crippen LogP contribution in [0.5, 0.6) is 5.75 Å². The van der Waals surface area contributed by atoms with Crippen LogP contribution in [0.25, 0.3) is 0 Å². The average Bonchev–Trinajstić information content (AvgIpc) is 2.51. The SMILES string of the molecule is Cc1ccc(C(C)CO[C@@H]2O[C@H](CO)[C@@H](O)[C@H](O)[C@H]2O)c(O)c1. The van der Waals surface area contributed by atoms with Gasteiger partial charge in [0.1, 0.15) is 30.2 Å². The number of aliphatic hydroxyl groups excluding tert-OH is 4. The number of ether oxygens (including phenoxy) is 2. The molecule has 0 bridgehead atoms. The standard InChI is InChI=1S/C16H24O7/c1-8-3-4-10(11(18)5-8)9(2)7-22-16-15(21)14(20)13(19)12(6-17)23-16/h3-5,9,12-21H,6-7H2,1-2H3/t9?,12-,13-,14+,15-,16-/m1/s1. The minimum atomic E-state index is -1.46. The summed E-state index contributed by atoms with van der Waals surface area (Å²) in [6.07, 6.45) is -6.46. The molecule has 0 spiro atoms. The summed E-state index contributed by atoms with van der Waals surface area (Å²) >= 11 is 0. The second kappa shape index (κ2) is 7.57. The van der Waals surface area contributed by atoms with Crippen molar-refractivity contribution in [3.8, 4) is 5.75 Å². The fourth-order valence-corrected chi connectivity index (χ4v) is 2.60. The number of hydrogen-bond donors (Lipinski definition) is 5. The second-order valence-corrected chi connectivity index (χ2v) is 5.99. The number of aliphatic hydroxyl groups is 4. The molecule has 0 aliphatic carbocycles. The topological polar surface area (TPSA) is 120 Å². The van der Waals surface area contributed by atoms with Gasteiger partial charge in [-0.15, -0.1) is 0 Å². The van der Waals surface area contributed by atoms with Crippen LogP contribution in [-0.2, 0) is 9.47 Å². The fraction of sp³-hybridized carbons (Fsp3) is 0.625. The lowest BCUT2D eigenvalue weighted by molar-refractivity contribution is -0.301. The molecule has 1 fully saturated rings. The Morgan fingerprint density at radius 3 is 2.48 bits per heavy atom. The summed E-state index contributed by atoms with van der Waals surface area (Å²) in [4.78, 5) is 0. The highest BCUT2D eigenvalue weighted by molar-refractivity contribution is 5.38. The van der Waals surface area contributed by atoms with Crippen LogP contribution in [-0.4, -0.2) is 69.5 Å². The van der Waals surface area contributed by atoms with Crippen molar-refractivity contribution in [3.63, 3.8) is 0 Å². The Hall–Kier alpha value is -1.22. The third kappa shape index (κ3) is 4.00. The third-order valence-corrected chi connectivity index (χ3v) is 4.08. The van der Waals surface area contributed by atoms with Crippen LogP contribution >= 0.6 is 0 Å². The van der Waals surface area contributed by atoms with Crippen LogP contribution in [0.15, 0.2) is 18.2 Å². The summed E-state index contributed by atoms with van der Waals surface area (Å²) in [6.45, 7) is 3.34. The largest absolute Gasteiger partial charge is 0.508 e. The van der Waals surface area contributed by atoms with E-state index in [1.54, 1.807) is 12.1 Å². The minimum Gasteiger partial charge on any atom is -0.508 e. The van der Waals surface area contributed by atoms with Gasteiger partial charge >= 0.3 is 0 Å². The molecule has 1 unspecified atom stereocenters. The molecule has 1 aliphatic heterocycles. The Balaban J connectivity index is 1.99. The number of hydrogen-bond acceptors (Lipinski definition) is 7. The number of phenolic OH excluding ortho intramolecular Hbond substituents is 1. The first-order valence-corrected chi connectivity index (χ1v) is 7.56. The molecule has 0 aromatic heterocycles. The van der Waals surface area contributed by atoms with Gasteiger partial charge in [0, 0.05) is 5.92 Å². The number of rotatable bonds is 5. The minimum absolute atomic E-state index is 0.124. The molecule has 6 atom stereocenters. The molecule has 1 aliphatic rings. The maximum Gasteiger partial charge on any atom is 0.186 e. The molecule has 7 heteroatoms. The molecule has 0 saturated carbocycles. The predicted molar refractivity (Wildman–Crippen MR) is 81.0 cm³/mol. The average molecular weight is 328 g/mol. The van der Waals surface area contributed by atoms with Gasteiger partial charge in [-0.1, -0.05) is 19.1 Å². The van der Waals surface area contributed by atoms with E-state index in [9.17, 15) is 20.4 Å². The van der Waals surface area contributed by atoms with E-state index in [0.29, 0.717) is 5.56 Å². The molecule has 7 nitrogen and oxygen atoms in total. The second-order valence-electron chi connectivity index (χ2n) is 5.99. The van der Waals surface area contributed by atoms with Gasteiger partial charge < -0.3 is 35.0 Å². The van der Waals surface area contributed by atoms with Crippen molar-refractivity contribution < 1.29 is 35.0 Å². The summed E-state index contributed by atoms with van der Waals surface area (Å²) in [5.74, 6) is -0.0159. The number of benzene rings is 1. The van der Waals surface area contributed by atoms with E-state index in [-0.39, 0.29) is 18.3 Å². The van der Waals surface area contributed by atoms with Crippen LogP contribution < -0.4 is 0 Å². The maximum absolute atomic E-state index is 9.97. The lowest BCUT2D eigenvalue weighted by Gasteiger charge is -2.39. The number of aromatic hydroxyl groups is 1. The Morgan fingerprint density at radius 1 is 1.17 bits per heavy atom. The van der Waals surface area contributed by atoms with E-state index in [1.165, 1.54) is 0 Å². The van der Waals surface area contributed by atoms with Crippen molar-refractivity contribution in [1.82, 2.24) is 0 Å². The summed E-state index contributed by atoms with van der Waals surface area (Å²) in [5.41, 5.74) is 1.63. The molecule has 5 N–H and O–H groups in total. The van der Waals surface area contributed by atoms with Crippen molar-refractivity contribution in [2.45, 2.75) is 50.5 Å². The van der Waals surface area contributed by atoms with Crippen LogP contribution in [0.1, 0.15) is 24.0 Å². The molecule has 2 rings (SSSR count). The van der Waals surface area contributed by atoms with Crippen molar-refractivity contribution in [2.24, 2.45) is 0 Å². The molecular formula is C16H24O7. The zero-order valence-corrected chi connectivity index (χ0v) is 13.2. The van der Waals surface area contributed by atoms with Crippen LogP contribution in [0, 0.1) is 6.92 Å². The van der Waals surface area contributed by atoms with Crippen LogP contribution in [0.2, 0.25) is 0 Å². The van der Waals surface area contributed by atoms with Gasteiger partial charge in [0.05, 0.1) is 13.2 Å². The maximum atomic E-state index is 9.97. The third-order valence-electron chi connectivity index (χ3n) is 4.08. The van der Waals surface area contributed by atoms with E-state index < -0.39 is 37.3 Å². The molecule has 1 saturated heterocycles. The van der Waals surface area contributed by atoms with Gasteiger partial charge in [-0.05, 0) is 24.1 Å². The summed E-state index contributed by atoms with van der Waals surface area (Å²) in [5, 5.41) is 48.4. The monoisotopic (exact) mass is 328 g/mol.